The van der Waals surface area contributed by atoms with Gasteiger partial charge in [-0.05, 0) is 30.5 Å². The number of rotatable bonds is 5. The van der Waals surface area contributed by atoms with Crippen molar-refractivity contribution in [2.24, 2.45) is 11.7 Å². The summed E-state index contributed by atoms with van der Waals surface area (Å²) in [6, 6.07) is 4.70. The van der Waals surface area contributed by atoms with E-state index in [2.05, 4.69) is 0 Å². The number of nitrogens with zero attached hydrogens (tertiary/aromatic N) is 1. The fourth-order valence-corrected chi connectivity index (χ4v) is 3.71. The van der Waals surface area contributed by atoms with E-state index in [0.29, 0.717) is 6.54 Å². The molecule has 1 rings (SSSR count). The second kappa shape index (κ2) is 6.22. The molecule has 1 atom stereocenters. The maximum Gasteiger partial charge on any atom is 0.244 e. The first kappa shape index (κ1) is 16.4. The Kier molecular flexibility index (Phi) is 5.38. The third kappa shape index (κ3) is 3.48. The average molecular weight is 305 g/mol. The number of hydrogen-bond acceptors (Lipinski definition) is 3. The highest BCUT2D eigenvalue weighted by atomic mass is 35.5. The topological polar surface area (TPSA) is 63.4 Å². The number of hydrogen-bond donors (Lipinski definition) is 1. The van der Waals surface area contributed by atoms with Gasteiger partial charge in [-0.1, -0.05) is 31.5 Å². The molecule has 0 aliphatic carbocycles. The standard InChI is InChI=1S/C13H21ClN2O2S/c1-9(2)10(3)16(4)19(17,18)13-6-5-11(8-15)7-12(13)14/h5-7,9-10H,8,15H2,1-4H3. The molecule has 0 bridgehead atoms. The van der Waals surface area contributed by atoms with Crippen molar-refractivity contribution < 1.29 is 8.42 Å². The normalized spacial score (nSPS) is 14.1. The zero-order valence-corrected chi connectivity index (χ0v) is 13.3. The van der Waals surface area contributed by atoms with Crippen LogP contribution in [0.4, 0.5) is 0 Å². The van der Waals surface area contributed by atoms with Crippen LogP contribution in [0.15, 0.2) is 23.1 Å². The summed E-state index contributed by atoms with van der Waals surface area (Å²) in [5, 5.41) is 0.214. The first-order chi connectivity index (χ1) is 8.71. The van der Waals surface area contributed by atoms with Crippen LogP contribution in [-0.2, 0) is 16.6 Å². The molecule has 0 aromatic heterocycles. The maximum absolute atomic E-state index is 12.5. The second-order valence-corrected chi connectivity index (χ2v) is 7.35. The third-order valence-corrected chi connectivity index (χ3v) is 5.85. The van der Waals surface area contributed by atoms with Crippen molar-refractivity contribution >= 4 is 21.6 Å². The van der Waals surface area contributed by atoms with Crippen LogP contribution in [0.2, 0.25) is 5.02 Å². The molecular formula is C13H21ClN2O2S. The Hall–Kier alpha value is -0.620. The molecule has 0 heterocycles. The van der Waals surface area contributed by atoms with Crippen molar-refractivity contribution in [3.8, 4) is 0 Å². The van der Waals surface area contributed by atoms with Gasteiger partial charge in [0, 0.05) is 19.6 Å². The Balaban J connectivity index is 3.20. The zero-order valence-electron chi connectivity index (χ0n) is 11.7. The van der Waals surface area contributed by atoms with Crippen LogP contribution in [0.1, 0.15) is 26.3 Å². The van der Waals surface area contributed by atoms with Gasteiger partial charge in [0.15, 0.2) is 0 Å². The van der Waals surface area contributed by atoms with Gasteiger partial charge in [0.2, 0.25) is 10.0 Å². The number of benzene rings is 1. The fraction of sp³-hybridized carbons (Fsp3) is 0.538. The van der Waals surface area contributed by atoms with E-state index < -0.39 is 10.0 Å². The van der Waals surface area contributed by atoms with Crippen molar-refractivity contribution in [3.05, 3.63) is 28.8 Å². The van der Waals surface area contributed by atoms with E-state index in [1.807, 2.05) is 20.8 Å². The van der Waals surface area contributed by atoms with Crippen LogP contribution in [0.5, 0.6) is 0 Å². The maximum atomic E-state index is 12.5. The fourth-order valence-electron chi connectivity index (χ4n) is 1.67. The Labute approximate surface area is 120 Å². The SMILES string of the molecule is CC(C)C(C)N(C)S(=O)(=O)c1ccc(CN)cc1Cl. The summed E-state index contributed by atoms with van der Waals surface area (Å²) in [7, 11) is -2.00. The van der Waals surface area contributed by atoms with E-state index >= 15 is 0 Å². The van der Waals surface area contributed by atoms with E-state index in [0.717, 1.165) is 5.56 Å². The summed E-state index contributed by atoms with van der Waals surface area (Å²) in [6.07, 6.45) is 0. The molecule has 4 nitrogen and oxygen atoms in total. The highest BCUT2D eigenvalue weighted by molar-refractivity contribution is 7.89. The highest BCUT2D eigenvalue weighted by Crippen LogP contribution is 2.27. The van der Waals surface area contributed by atoms with E-state index in [4.69, 9.17) is 17.3 Å². The Bertz CT molecular complexity index is 544. The van der Waals surface area contributed by atoms with Crippen LogP contribution in [0, 0.1) is 5.92 Å². The second-order valence-electron chi connectivity index (χ2n) is 4.97. The molecule has 1 aromatic carbocycles. The minimum atomic E-state index is -3.58. The molecule has 0 radical (unpaired) electrons. The van der Waals surface area contributed by atoms with Crippen LogP contribution >= 0.6 is 11.6 Å². The first-order valence-electron chi connectivity index (χ1n) is 6.18. The lowest BCUT2D eigenvalue weighted by atomic mass is 10.1. The van der Waals surface area contributed by atoms with Gasteiger partial charge in [0.05, 0.1) is 5.02 Å². The van der Waals surface area contributed by atoms with Crippen molar-refractivity contribution in [2.75, 3.05) is 7.05 Å². The average Bonchev–Trinajstić information content (AvgIpc) is 2.36. The molecule has 0 fully saturated rings. The van der Waals surface area contributed by atoms with Gasteiger partial charge < -0.3 is 5.73 Å². The van der Waals surface area contributed by atoms with E-state index in [1.54, 1.807) is 19.2 Å². The van der Waals surface area contributed by atoms with E-state index in [1.165, 1.54) is 10.4 Å². The summed E-state index contributed by atoms with van der Waals surface area (Å²) in [5.74, 6) is 0.224. The lowest BCUT2D eigenvalue weighted by Gasteiger charge is -2.27. The largest absolute Gasteiger partial charge is 0.326 e. The van der Waals surface area contributed by atoms with Crippen molar-refractivity contribution in [2.45, 2.75) is 38.3 Å². The molecule has 1 unspecified atom stereocenters. The summed E-state index contributed by atoms with van der Waals surface area (Å²) in [6.45, 7) is 6.17. The number of nitrogens with two attached hydrogens (primary N) is 1. The molecule has 0 amide bonds. The van der Waals surface area contributed by atoms with E-state index in [9.17, 15) is 8.42 Å². The highest BCUT2D eigenvalue weighted by Gasteiger charge is 2.28. The Morgan fingerprint density at radius 2 is 1.89 bits per heavy atom. The Morgan fingerprint density at radius 3 is 2.32 bits per heavy atom. The number of sulfonamides is 1. The molecule has 0 spiro atoms. The molecule has 2 N–H and O–H groups in total. The van der Waals surface area contributed by atoms with E-state index in [-0.39, 0.29) is 21.9 Å². The lowest BCUT2D eigenvalue weighted by molar-refractivity contribution is 0.316. The Morgan fingerprint density at radius 1 is 1.32 bits per heavy atom. The van der Waals surface area contributed by atoms with Gasteiger partial charge in [-0.25, -0.2) is 8.42 Å². The van der Waals surface area contributed by atoms with Crippen molar-refractivity contribution in [1.82, 2.24) is 4.31 Å². The summed E-state index contributed by atoms with van der Waals surface area (Å²) in [5.41, 5.74) is 6.32. The van der Waals surface area contributed by atoms with Crippen LogP contribution in [0.25, 0.3) is 0 Å². The first-order valence-corrected chi connectivity index (χ1v) is 8.00. The van der Waals surface area contributed by atoms with Crippen molar-refractivity contribution in [1.29, 1.82) is 0 Å². The number of halogens is 1. The molecule has 1 aromatic rings. The predicted octanol–water partition coefficient (Wildman–Crippen LogP) is 2.46. The zero-order chi connectivity index (χ0) is 14.8. The minimum Gasteiger partial charge on any atom is -0.326 e. The summed E-state index contributed by atoms with van der Waals surface area (Å²) in [4.78, 5) is 0.126. The van der Waals surface area contributed by atoms with Gasteiger partial charge in [0.25, 0.3) is 0 Å². The monoisotopic (exact) mass is 304 g/mol. The molecule has 0 aliphatic rings. The third-order valence-electron chi connectivity index (χ3n) is 3.43. The van der Waals surface area contributed by atoms with Gasteiger partial charge >= 0.3 is 0 Å². The minimum absolute atomic E-state index is 0.102. The van der Waals surface area contributed by atoms with Crippen LogP contribution in [-0.4, -0.2) is 25.8 Å². The van der Waals surface area contributed by atoms with Gasteiger partial charge in [-0.15, -0.1) is 0 Å². The molecule has 19 heavy (non-hydrogen) atoms. The molecule has 0 saturated carbocycles. The molecule has 0 saturated heterocycles. The lowest BCUT2D eigenvalue weighted by Crippen LogP contribution is -2.38. The van der Waals surface area contributed by atoms with Crippen LogP contribution in [0.3, 0.4) is 0 Å². The van der Waals surface area contributed by atoms with Gasteiger partial charge in [-0.3, -0.25) is 0 Å². The smallest absolute Gasteiger partial charge is 0.244 e. The summed E-state index contributed by atoms with van der Waals surface area (Å²) < 4.78 is 26.4. The summed E-state index contributed by atoms with van der Waals surface area (Å²) >= 11 is 6.06. The molecular weight excluding hydrogens is 284 g/mol. The van der Waals surface area contributed by atoms with Gasteiger partial charge in [-0.2, -0.15) is 4.31 Å². The quantitative estimate of drug-likeness (QED) is 0.909. The van der Waals surface area contributed by atoms with Crippen molar-refractivity contribution in [3.63, 3.8) is 0 Å². The molecule has 0 aliphatic heterocycles. The predicted molar refractivity (Wildman–Crippen MR) is 78.6 cm³/mol. The van der Waals surface area contributed by atoms with Crippen LogP contribution < -0.4 is 5.73 Å². The molecule has 108 valence electrons. The molecule has 6 heteroatoms. The van der Waals surface area contributed by atoms with Gasteiger partial charge in [0.1, 0.15) is 4.90 Å².